The lowest BCUT2D eigenvalue weighted by Crippen LogP contribution is -2.07. The predicted octanol–water partition coefficient (Wildman–Crippen LogP) is 7.26. The Morgan fingerprint density at radius 3 is 1.92 bits per heavy atom. The molecule has 1 aromatic heterocycles. The summed E-state index contributed by atoms with van der Waals surface area (Å²) in [4.78, 5) is 13.4. The molecule has 0 saturated heterocycles. The maximum absolute atomic E-state index is 12.4. The molecule has 0 saturated carbocycles. The monoisotopic (exact) mass is 510 g/mol. The minimum absolute atomic E-state index is 0.00347. The third kappa shape index (κ3) is 7.01. The highest BCUT2D eigenvalue weighted by Crippen LogP contribution is 2.31. The topological polar surface area (TPSA) is 85.4 Å². The van der Waals surface area contributed by atoms with E-state index in [0.717, 1.165) is 47.3 Å². The average molecular weight is 510 g/mol. The molecule has 0 spiro atoms. The highest BCUT2D eigenvalue weighted by atomic mass is 19.4. The van der Waals surface area contributed by atoms with Crippen LogP contribution in [0.2, 0.25) is 0 Å². The highest BCUT2D eigenvalue weighted by Gasteiger charge is 2.31. The summed E-state index contributed by atoms with van der Waals surface area (Å²) >= 11 is 0. The smallest absolute Gasteiger partial charge is 0.416 e. The lowest BCUT2D eigenvalue weighted by molar-refractivity contribution is -0.138. The number of aromatic amines is 1. The number of anilines is 1. The van der Waals surface area contributed by atoms with Crippen LogP contribution in [0.25, 0.3) is 10.9 Å². The molecule has 4 N–H and O–H groups in total. The van der Waals surface area contributed by atoms with Crippen LogP contribution in [-0.4, -0.2) is 21.3 Å². The molecule has 5 nitrogen and oxygen atoms in total. The second-order valence-electron chi connectivity index (χ2n) is 7.71. The molecule has 4 rings (SSSR count). The Hall–Kier alpha value is -3.99. The molecule has 0 fully saturated rings. The summed E-state index contributed by atoms with van der Waals surface area (Å²) in [5.74, 6) is 0. The Morgan fingerprint density at radius 1 is 0.833 bits per heavy atom. The number of carboxylic acid groups (broad SMARTS) is 1. The Kier molecular flexibility index (Phi) is 7.93. The second kappa shape index (κ2) is 10.7. The van der Waals surface area contributed by atoms with Crippen molar-refractivity contribution in [2.75, 3.05) is 5.32 Å². The van der Waals surface area contributed by atoms with Crippen LogP contribution in [0, 0.1) is 0 Å². The van der Waals surface area contributed by atoms with Crippen molar-refractivity contribution in [3.05, 3.63) is 101 Å². The third-order valence-corrected chi connectivity index (χ3v) is 5.17. The zero-order valence-corrected chi connectivity index (χ0v) is 18.4. The number of carbonyl (C=O) groups is 1. The zero-order chi connectivity index (χ0) is 26.5. The SMILES string of the molecule is O=C(O)Nc1cccc2[nH]ccc12.OC(Cc1ccc(C(F)(F)F)cc1)c1ccc(C(F)(F)F)cc1. The maximum Gasteiger partial charge on any atom is 0.416 e. The van der Waals surface area contributed by atoms with E-state index < -0.39 is 35.7 Å². The van der Waals surface area contributed by atoms with Gasteiger partial charge in [-0.3, -0.25) is 5.32 Å². The van der Waals surface area contributed by atoms with E-state index in [1.165, 1.54) is 12.1 Å². The fourth-order valence-electron chi connectivity index (χ4n) is 3.37. The van der Waals surface area contributed by atoms with E-state index in [-0.39, 0.29) is 12.0 Å². The molecule has 11 heteroatoms. The van der Waals surface area contributed by atoms with Gasteiger partial charge in [0.25, 0.3) is 0 Å². The van der Waals surface area contributed by atoms with Crippen molar-refractivity contribution in [1.82, 2.24) is 4.98 Å². The van der Waals surface area contributed by atoms with E-state index in [0.29, 0.717) is 11.3 Å². The molecule has 1 amide bonds. The Labute approximate surface area is 201 Å². The first-order valence-electron chi connectivity index (χ1n) is 10.4. The summed E-state index contributed by atoms with van der Waals surface area (Å²) < 4.78 is 74.7. The molecule has 1 atom stereocenters. The van der Waals surface area contributed by atoms with Crippen molar-refractivity contribution in [2.45, 2.75) is 24.9 Å². The number of hydrogen-bond acceptors (Lipinski definition) is 2. The van der Waals surface area contributed by atoms with Gasteiger partial charge in [-0.05, 0) is 53.6 Å². The Balaban J connectivity index is 0.000000233. The van der Waals surface area contributed by atoms with E-state index in [1.807, 2.05) is 12.1 Å². The van der Waals surface area contributed by atoms with Gasteiger partial charge in [0.15, 0.2) is 0 Å². The Bertz CT molecular complexity index is 1300. The largest absolute Gasteiger partial charge is 0.465 e. The first kappa shape index (κ1) is 26.6. The number of H-pyrrole nitrogens is 1. The minimum Gasteiger partial charge on any atom is -0.465 e. The fraction of sp³-hybridized carbons (Fsp3) is 0.160. The molecule has 1 heterocycles. The van der Waals surface area contributed by atoms with Crippen LogP contribution in [0.15, 0.2) is 79.0 Å². The van der Waals surface area contributed by atoms with Gasteiger partial charge in [0.05, 0.1) is 22.9 Å². The molecule has 0 bridgehead atoms. The summed E-state index contributed by atoms with van der Waals surface area (Å²) in [5, 5.41) is 21.7. The minimum atomic E-state index is -4.46. The second-order valence-corrected chi connectivity index (χ2v) is 7.71. The van der Waals surface area contributed by atoms with Gasteiger partial charge in [-0.2, -0.15) is 26.3 Å². The van der Waals surface area contributed by atoms with E-state index in [4.69, 9.17) is 5.11 Å². The molecule has 36 heavy (non-hydrogen) atoms. The van der Waals surface area contributed by atoms with E-state index in [1.54, 1.807) is 18.3 Å². The van der Waals surface area contributed by atoms with Gasteiger partial charge in [-0.15, -0.1) is 0 Å². The molecular weight excluding hydrogens is 490 g/mol. The zero-order valence-electron chi connectivity index (χ0n) is 18.4. The first-order chi connectivity index (χ1) is 16.8. The highest BCUT2D eigenvalue weighted by molar-refractivity contribution is 5.98. The summed E-state index contributed by atoms with van der Waals surface area (Å²) in [5.41, 5.74) is 0.606. The number of halogens is 6. The number of alkyl halides is 6. The molecule has 4 aromatic rings. The number of aliphatic hydroxyl groups is 1. The van der Waals surface area contributed by atoms with E-state index in [2.05, 4.69) is 10.3 Å². The van der Waals surface area contributed by atoms with Crippen LogP contribution in [0.3, 0.4) is 0 Å². The van der Waals surface area contributed by atoms with Crippen LogP contribution in [0.5, 0.6) is 0 Å². The number of fused-ring (bicyclic) bond motifs is 1. The van der Waals surface area contributed by atoms with Gasteiger partial charge in [0, 0.05) is 23.5 Å². The molecule has 0 aliphatic rings. The third-order valence-electron chi connectivity index (χ3n) is 5.17. The molecule has 190 valence electrons. The van der Waals surface area contributed by atoms with Gasteiger partial charge < -0.3 is 15.2 Å². The lowest BCUT2D eigenvalue weighted by Gasteiger charge is -2.13. The van der Waals surface area contributed by atoms with Crippen LogP contribution >= 0.6 is 0 Å². The molecule has 3 aromatic carbocycles. The summed E-state index contributed by atoms with van der Waals surface area (Å²) in [6.45, 7) is 0. The number of amides is 1. The van der Waals surface area contributed by atoms with E-state index >= 15 is 0 Å². The Morgan fingerprint density at radius 2 is 1.39 bits per heavy atom. The van der Waals surface area contributed by atoms with Gasteiger partial charge in [0.2, 0.25) is 0 Å². The summed E-state index contributed by atoms with van der Waals surface area (Å²) in [6.07, 6.45) is -9.27. The number of aromatic nitrogens is 1. The van der Waals surface area contributed by atoms with Crippen LogP contribution in [0.4, 0.5) is 36.8 Å². The van der Waals surface area contributed by atoms with Crippen LogP contribution < -0.4 is 5.32 Å². The van der Waals surface area contributed by atoms with Gasteiger partial charge in [0.1, 0.15) is 0 Å². The molecule has 0 aliphatic carbocycles. The molecule has 0 radical (unpaired) electrons. The standard InChI is InChI=1S/C16H12F6O.C9H8N2O2/c17-15(18,19)12-5-1-10(2-6-12)9-14(23)11-3-7-13(8-4-11)16(20,21)22;12-9(13)11-8-3-1-2-7-6(8)4-5-10-7/h1-8,14,23H,9H2;1-5,10-11H,(H,12,13). The van der Waals surface area contributed by atoms with Crippen LogP contribution in [-0.2, 0) is 18.8 Å². The quantitative estimate of drug-likeness (QED) is 0.218. The number of benzene rings is 3. The lowest BCUT2D eigenvalue weighted by atomic mass is 9.99. The van der Waals surface area contributed by atoms with Crippen molar-refractivity contribution < 1.29 is 41.4 Å². The molecule has 1 unspecified atom stereocenters. The van der Waals surface area contributed by atoms with Crippen molar-refractivity contribution in [3.63, 3.8) is 0 Å². The van der Waals surface area contributed by atoms with Crippen molar-refractivity contribution >= 4 is 22.7 Å². The normalized spacial score (nSPS) is 12.5. The van der Waals surface area contributed by atoms with Crippen molar-refractivity contribution in [3.8, 4) is 0 Å². The molecule has 0 aliphatic heterocycles. The van der Waals surface area contributed by atoms with Crippen molar-refractivity contribution in [2.24, 2.45) is 0 Å². The van der Waals surface area contributed by atoms with Crippen LogP contribution in [0.1, 0.15) is 28.4 Å². The fourth-order valence-corrected chi connectivity index (χ4v) is 3.37. The number of rotatable bonds is 4. The van der Waals surface area contributed by atoms with Gasteiger partial charge in [-0.25, -0.2) is 4.79 Å². The molecular formula is C25H20F6N2O3. The maximum atomic E-state index is 12.4. The van der Waals surface area contributed by atoms with Gasteiger partial charge in [-0.1, -0.05) is 30.3 Å². The predicted molar refractivity (Wildman–Crippen MR) is 121 cm³/mol. The average Bonchev–Trinajstić information content (AvgIpc) is 3.28. The van der Waals surface area contributed by atoms with E-state index in [9.17, 15) is 36.2 Å². The first-order valence-corrected chi connectivity index (χ1v) is 10.4. The number of hydrogen-bond donors (Lipinski definition) is 4. The summed E-state index contributed by atoms with van der Waals surface area (Å²) in [7, 11) is 0. The van der Waals surface area contributed by atoms with Crippen molar-refractivity contribution in [1.29, 1.82) is 0 Å². The number of aliphatic hydroxyl groups excluding tert-OH is 1. The van der Waals surface area contributed by atoms with Gasteiger partial charge >= 0.3 is 18.4 Å². The summed E-state index contributed by atoms with van der Waals surface area (Å²) in [6, 6.07) is 15.5. The number of nitrogens with one attached hydrogen (secondary N) is 2.